The highest BCUT2D eigenvalue weighted by atomic mass is 35.5. The standard InChI is InChI=1S/C11H12ClF3N2/c12-10-7(9-6-16-4-5-17-9)2-1-3-8(10)11(13,14)15/h1-3,9,16-17H,4-6H2/t9-/m1/s1. The number of alkyl halides is 3. The summed E-state index contributed by atoms with van der Waals surface area (Å²) in [6, 6.07) is 3.85. The zero-order chi connectivity index (χ0) is 12.5. The van der Waals surface area contributed by atoms with Gasteiger partial charge in [0.1, 0.15) is 0 Å². The van der Waals surface area contributed by atoms with Gasteiger partial charge in [0.05, 0.1) is 10.6 Å². The fourth-order valence-electron chi connectivity index (χ4n) is 1.91. The minimum Gasteiger partial charge on any atom is -0.314 e. The van der Waals surface area contributed by atoms with Crippen molar-refractivity contribution in [3.8, 4) is 0 Å². The second-order valence-electron chi connectivity index (χ2n) is 3.92. The van der Waals surface area contributed by atoms with Crippen molar-refractivity contribution in [1.29, 1.82) is 0 Å². The topological polar surface area (TPSA) is 24.1 Å². The maximum absolute atomic E-state index is 12.7. The van der Waals surface area contributed by atoms with Crippen molar-refractivity contribution in [1.82, 2.24) is 10.6 Å². The van der Waals surface area contributed by atoms with Crippen LogP contribution in [0.4, 0.5) is 13.2 Å². The Labute approximate surface area is 102 Å². The Hall–Kier alpha value is -0.780. The molecule has 2 nitrogen and oxygen atoms in total. The fourth-order valence-corrected chi connectivity index (χ4v) is 2.28. The third kappa shape index (κ3) is 2.73. The molecule has 0 radical (unpaired) electrons. The van der Waals surface area contributed by atoms with Gasteiger partial charge in [-0.15, -0.1) is 0 Å². The summed E-state index contributed by atoms with van der Waals surface area (Å²) >= 11 is 5.84. The van der Waals surface area contributed by atoms with Crippen LogP contribution in [0, 0.1) is 0 Å². The van der Waals surface area contributed by atoms with Crippen LogP contribution in [0.5, 0.6) is 0 Å². The van der Waals surface area contributed by atoms with E-state index < -0.39 is 11.7 Å². The van der Waals surface area contributed by atoms with Crippen molar-refractivity contribution in [2.75, 3.05) is 19.6 Å². The molecule has 0 saturated carbocycles. The van der Waals surface area contributed by atoms with Crippen LogP contribution in [0.15, 0.2) is 18.2 Å². The molecule has 0 unspecified atom stereocenters. The summed E-state index contributed by atoms with van der Waals surface area (Å²) in [7, 11) is 0. The number of benzene rings is 1. The van der Waals surface area contributed by atoms with Crippen molar-refractivity contribution >= 4 is 11.6 Å². The van der Waals surface area contributed by atoms with Gasteiger partial charge in [-0.05, 0) is 11.6 Å². The summed E-state index contributed by atoms with van der Waals surface area (Å²) in [5, 5.41) is 6.05. The van der Waals surface area contributed by atoms with Crippen LogP contribution >= 0.6 is 11.6 Å². The normalized spacial score (nSPS) is 21.5. The van der Waals surface area contributed by atoms with E-state index in [1.54, 1.807) is 6.07 Å². The van der Waals surface area contributed by atoms with Crippen LogP contribution < -0.4 is 10.6 Å². The molecule has 2 rings (SSSR count). The molecule has 2 N–H and O–H groups in total. The number of halogens is 4. The van der Waals surface area contributed by atoms with Crippen molar-refractivity contribution in [3.63, 3.8) is 0 Å². The Morgan fingerprint density at radius 2 is 2.00 bits per heavy atom. The molecule has 1 aliphatic heterocycles. The van der Waals surface area contributed by atoms with Gasteiger partial charge in [-0.2, -0.15) is 13.2 Å². The van der Waals surface area contributed by atoms with Crippen LogP contribution in [0.25, 0.3) is 0 Å². The van der Waals surface area contributed by atoms with Gasteiger partial charge in [0, 0.05) is 25.7 Å². The molecule has 1 heterocycles. The average molecular weight is 265 g/mol. The molecule has 1 fully saturated rings. The molecule has 1 aromatic rings. The Bertz CT molecular complexity index is 400. The van der Waals surface area contributed by atoms with E-state index in [0.29, 0.717) is 12.1 Å². The molecular formula is C11H12ClF3N2. The smallest absolute Gasteiger partial charge is 0.314 e. The zero-order valence-electron chi connectivity index (χ0n) is 8.94. The lowest BCUT2D eigenvalue weighted by Crippen LogP contribution is -2.42. The molecule has 1 atom stereocenters. The molecule has 1 aromatic carbocycles. The maximum Gasteiger partial charge on any atom is 0.417 e. The zero-order valence-corrected chi connectivity index (χ0v) is 9.70. The lowest BCUT2D eigenvalue weighted by Gasteiger charge is -2.26. The van der Waals surface area contributed by atoms with E-state index in [0.717, 1.165) is 19.2 Å². The highest BCUT2D eigenvalue weighted by molar-refractivity contribution is 6.32. The average Bonchev–Trinajstić information content (AvgIpc) is 2.29. The Kier molecular flexibility index (Phi) is 3.61. The van der Waals surface area contributed by atoms with Crippen molar-refractivity contribution < 1.29 is 13.2 Å². The summed E-state index contributed by atoms with van der Waals surface area (Å²) in [4.78, 5) is 0. The van der Waals surface area contributed by atoms with Crippen LogP contribution in [-0.4, -0.2) is 19.6 Å². The molecule has 1 saturated heterocycles. The lowest BCUT2D eigenvalue weighted by molar-refractivity contribution is -0.137. The van der Waals surface area contributed by atoms with Gasteiger partial charge >= 0.3 is 6.18 Å². The number of rotatable bonds is 1. The van der Waals surface area contributed by atoms with Gasteiger partial charge in [-0.3, -0.25) is 0 Å². The molecule has 17 heavy (non-hydrogen) atoms. The van der Waals surface area contributed by atoms with Gasteiger partial charge in [0.15, 0.2) is 0 Å². The van der Waals surface area contributed by atoms with Gasteiger partial charge in [-0.25, -0.2) is 0 Å². The van der Waals surface area contributed by atoms with E-state index in [4.69, 9.17) is 11.6 Å². The molecule has 94 valence electrons. The summed E-state index contributed by atoms with van der Waals surface area (Å²) in [6.45, 7) is 2.12. The molecule has 0 bridgehead atoms. The first-order valence-corrected chi connectivity index (χ1v) is 5.67. The molecular weight excluding hydrogens is 253 g/mol. The molecule has 6 heteroatoms. The fraction of sp³-hybridized carbons (Fsp3) is 0.455. The first-order chi connectivity index (χ1) is 8.00. The van der Waals surface area contributed by atoms with Gasteiger partial charge in [0.2, 0.25) is 0 Å². The summed E-state index contributed by atoms with van der Waals surface area (Å²) < 4.78 is 38.0. The molecule has 0 aliphatic carbocycles. The Morgan fingerprint density at radius 1 is 1.24 bits per heavy atom. The van der Waals surface area contributed by atoms with Crippen molar-refractivity contribution in [2.24, 2.45) is 0 Å². The second kappa shape index (κ2) is 4.84. The lowest BCUT2D eigenvalue weighted by atomic mass is 10.0. The predicted octanol–water partition coefficient (Wildman–Crippen LogP) is 2.59. The minimum absolute atomic E-state index is 0.168. The number of hydrogen-bond donors (Lipinski definition) is 2. The Balaban J connectivity index is 2.35. The number of hydrogen-bond acceptors (Lipinski definition) is 2. The summed E-state index contributed by atoms with van der Waals surface area (Å²) in [5.41, 5.74) is -0.280. The van der Waals surface area contributed by atoms with E-state index in [-0.39, 0.29) is 11.1 Å². The largest absolute Gasteiger partial charge is 0.417 e. The van der Waals surface area contributed by atoms with Gasteiger partial charge in [0.25, 0.3) is 0 Å². The Morgan fingerprint density at radius 3 is 2.59 bits per heavy atom. The van der Waals surface area contributed by atoms with E-state index in [2.05, 4.69) is 10.6 Å². The highest BCUT2D eigenvalue weighted by Crippen LogP contribution is 2.37. The minimum atomic E-state index is -4.41. The monoisotopic (exact) mass is 264 g/mol. The third-order valence-electron chi connectivity index (χ3n) is 2.75. The molecule has 1 aliphatic rings. The SMILES string of the molecule is FC(F)(F)c1cccc([C@H]2CNCCN2)c1Cl. The number of nitrogens with one attached hydrogen (secondary N) is 2. The van der Waals surface area contributed by atoms with Crippen LogP contribution in [0.3, 0.4) is 0 Å². The highest BCUT2D eigenvalue weighted by Gasteiger charge is 2.34. The molecule has 0 aromatic heterocycles. The first kappa shape index (κ1) is 12.7. The third-order valence-corrected chi connectivity index (χ3v) is 3.17. The van der Waals surface area contributed by atoms with E-state index in [1.807, 2.05) is 0 Å². The van der Waals surface area contributed by atoms with Crippen LogP contribution in [-0.2, 0) is 6.18 Å². The summed E-state index contributed by atoms with van der Waals surface area (Å²) in [5.74, 6) is 0. The van der Waals surface area contributed by atoms with Gasteiger partial charge in [-0.1, -0.05) is 23.7 Å². The van der Waals surface area contributed by atoms with E-state index in [1.165, 1.54) is 6.07 Å². The van der Waals surface area contributed by atoms with Crippen LogP contribution in [0.2, 0.25) is 5.02 Å². The summed E-state index contributed by atoms with van der Waals surface area (Å²) in [6.07, 6.45) is -4.41. The van der Waals surface area contributed by atoms with Crippen molar-refractivity contribution in [2.45, 2.75) is 12.2 Å². The van der Waals surface area contributed by atoms with E-state index in [9.17, 15) is 13.2 Å². The molecule has 0 amide bonds. The quantitative estimate of drug-likeness (QED) is 0.815. The maximum atomic E-state index is 12.7. The van der Waals surface area contributed by atoms with E-state index >= 15 is 0 Å². The number of piperazine rings is 1. The second-order valence-corrected chi connectivity index (χ2v) is 4.30. The first-order valence-electron chi connectivity index (χ1n) is 5.30. The van der Waals surface area contributed by atoms with Crippen molar-refractivity contribution in [3.05, 3.63) is 34.3 Å². The molecule has 0 spiro atoms. The predicted molar refractivity (Wildman–Crippen MR) is 60.1 cm³/mol. The van der Waals surface area contributed by atoms with Crippen LogP contribution in [0.1, 0.15) is 17.2 Å². The van der Waals surface area contributed by atoms with Gasteiger partial charge < -0.3 is 10.6 Å².